The fourth-order valence-electron chi connectivity index (χ4n) is 4.21. The van der Waals surface area contributed by atoms with Crippen molar-refractivity contribution in [1.29, 1.82) is 0 Å². The summed E-state index contributed by atoms with van der Waals surface area (Å²) in [4.78, 5) is 11.6. The molecule has 9 heteroatoms. The van der Waals surface area contributed by atoms with Gasteiger partial charge in [0.25, 0.3) is 0 Å². The van der Waals surface area contributed by atoms with E-state index >= 15 is 0 Å². The van der Waals surface area contributed by atoms with Crippen molar-refractivity contribution >= 4 is 17.6 Å². The zero-order valence-corrected chi connectivity index (χ0v) is 18.3. The number of ether oxygens (including phenoxy) is 1. The Morgan fingerprint density at radius 3 is 2.30 bits per heavy atom. The second kappa shape index (κ2) is 10.3. The molecule has 5 nitrogen and oxygen atoms in total. The summed E-state index contributed by atoms with van der Waals surface area (Å²) in [5.41, 5.74) is 1.20. The first-order valence-corrected chi connectivity index (χ1v) is 10.5. The number of hydrogen-bond donors (Lipinski definition) is 2. The summed E-state index contributed by atoms with van der Waals surface area (Å²) in [7, 11) is 0. The molecule has 30 heavy (non-hydrogen) atoms. The molecule has 2 atom stereocenters. The van der Waals surface area contributed by atoms with E-state index < -0.39 is 12.1 Å². The van der Waals surface area contributed by atoms with Crippen LogP contribution in [0, 0.1) is 0 Å². The highest BCUT2D eigenvalue weighted by atomic mass is 35.5. The molecule has 0 spiro atoms. The van der Waals surface area contributed by atoms with Crippen LogP contribution < -0.4 is 5.32 Å². The van der Waals surface area contributed by atoms with Crippen molar-refractivity contribution in [2.24, 2.45) is 0 Å². The van der Waals surface area contributed by atoms with Gasteiger partial charge >= 0.3 is 12.1 Å². The summed E-state index contributed by atoms with van der Waals surface area (Å²) < 4.78 is 38.1. The highest BCUT2D eigenvalue weighted by Gasteiger charge is 2.43. The van der Waals surface area contributed by atoms with Gasteiger partial charge in [-0.15, -0.1) is 0 Å². The number of carboxylic acid groups (broad SMARTS) is 1. The molecule has 0 unspecified atom stereocenters. The predicted molar refractivity (Wildman–Crippen MR) is 110 cm³/mol. The number of carboxylic acids is 1. The normalized spacial score (nSPS) is 25.3. The van der Waals surface area contributed by atoms with E-state index in [-0.39, 0.29) is 5.60 Å². The first-order chi connectivity index (χ1) is 13.9. The van der Waals surface area contributed by atoms with Crippen LogP contribution in [0.2, 0.25) is 5.02 Å². The van der Waals surface area contributed by atoms with Crippen molar-refractivity contribution in [2.45, 2.75) is 70.0 Å². The van der Waals surface area contributed by atoms with Crippen LogP contribution in [-0.2, 0) is 16.0 Å². The smallest absolute Gasteiger partial charge is 0.475 e. The summed E-state index contributed by atoms with van der Waals surface area (Å²) in [6.45, 7) is 9.99. The molecule has 0 aliphatic carbocycles. The Kier molecular flexibility index (Phi) is 8.56. The maximum Gasteiger partial charge on any atom is 0.490 e. The second-order valence-electron chi connectivity index (χ2n) is 8.36. The minimum atomic E-state index is -5.08. The molecule has 170 valence electrons. The zero-order valence-electron chi connectivity index (χ0n) is 17.5. The number of carbonyl (C=O) groups is 1. The van der Waals surface area contributed by atoms with E-state index in [2.05, 4.69) is 43.1 Å². The lowest BCUT2D eigenvalue weighted by Gasteiger charge is -2.52. The van der Waals surface area contributed by atoms with Gasteiger partial charge in [-0.1, -0.05) is 23.7 Å². The number of morpholine rings is 1. The average molecular weight is 451 g/mol. The van der Waals surface area contributed by atoms with Crippen LogP contribution in [0.5, 0.6) is 0 Å². The highest BCUT2D eigenvalue weighted by molar-refractivity contribution is 6.30. The minimum absolute atomic E-state index is 0.137. The van der Waals surface area contributed by atoms with Gasteiger partial charge in [0.1, 0.15) is 0 Å². The van der Waals surface area contributed by atoms with Gasteiger partial charge in [-0.2, -0.15) is 13.2 Å². The van der Waals surface area contributed by atoms with Gasteiger partial charge in [-0.05, 0) is 70.8 Å². The third kappa shape index (κ3) is 7.11. The number of halogens is 4. The molecule has 3 rings (SSSR count). The van der Waals surface area contributed by atoms with Crippen LogP contribution in [0.15, 0.2) is 24.3 Å². The SMILES string of the molecule is C[C@H]1CN(C2CCNCC2)[C@@H](Cc2ccc(Cl)cc2)C(C)(C)O1.O=C(O)C(F)(F)F. The van der Waals surface area contributed by atoms with E-state index in [9.17, 15) is 13.2 Å². The molecule has 2 aliphatic rings. The maximum absolute atomic E-state index is 10.6. The molecule has 1 aromatic carbocycles. The third-order valence-corrected chi connectivity index (χ3v) is 5.79. The fraction of sp³-hybridized carbons (Fsp3) is 0.667. The number of nitrogens with one attached hydrogen (secondary N) is 1. The van der Waals surface area contributed by atoms with Crippen molar-refractivity contribution < 1.29 is 27.8 Å². The number of rotatable bonds is 3. The molecule has 1 aromatic rings. The standard InChI is InChI=1S/C19H29ClN2O.C2HF3O2/c1-14-13-22(17-8-10-21-11-9-17)18(19(2,3)23-14)12-15-4-6-16(20)7-5-15;3-2(4,5)1(6)7/h4-7,14,17-18,21H,8-13H2,1-3H3;(H,6,7)/t14-,18-;/m0./s1. The molecule has 2 fully saturated rings. The molecule has 2 N–H and O–H groups in total. The lowest BCUT2D eigenvalue weighted by atomic mass is 9.86. The molecule has 0 amide bonds. The van der Waals surface area contributed by atoms with Crippen LogP contribution in [-0.4, -0.2) is 65.6 Å². The van der Waals surface area contributed by atoms with Gasteiger partial charge < -0.3 is 15.2 Å². The van der Waals surface area contributed by atoms with E-state index in [1.54, 1.807) is 0 Å². The van der Waals surface area contributed by atoms with Gasteiger partial charge in [-0.3, -0.25) is 4.90 Å². The maximum atomic E-state index is 10.6. The predicted octanol–water partition coefficient (Wildman–Crippen LogP) is 4.14. The molecule has 0 bridgehead atoms. The summed E-state index contributed by atoms with van der Waals surface area (Å²) >= 11 is 6.04. The molecule has 2 heterocycles. The summed E-state index contributed by atoms with van der Waals surface area (Å²) in [5.74, 6) is -2.76. The Balaban J connectivity index is 0.000000396. The van der Waals surface area contributed by atoms with Gasteiger partial charge in [0.15, 0.2) is 0 Å². The van der Waals surface area contributed by atoms with E-state index in [0.717, 1.165) is 31.1 Å². The van der Waals surface area contributed by atoms with Gasteiger partial charge in [0, 0.05) is 23.7 Å². The Bertz CT molecular complexity index is 692. The Morgan fingerprint density at radius 1 is 1.27 bits per heavy atom. The van der Waals surface area contributed by atoms with Crippen molar-refractivity contribution in [3.8, 4) is 0 Å². The largest absolute Gasteiger partial charge is 0.490 e. The summed E-state index contributed by atoms with van der Waals surface area (Å²) in [6.07, 6.45) is -1.30. The zero-order chi connectivity index (χ0) is 22.5. The van der Waals surface area contributed by atoms with E-state index in [4.69, 9.17) is 26.2 Å². The van der Waals surface area contributed by atoms with Crippen molar-refractivity contribution in [3.05, 3.63) is 34.9 Å². The Labute approximate surface area is 180 Å². The van der Waals surface area contributed by atoms with Crippen LogP contribution in [0.4, 0.5) is 13.2 Å². The number of aliphatic carboxylic acids is 1. The first kappa shape index (κ1) is 24.9. The minimum Gasteiger partial charge on any atom is -0.475 e. The first-order valence-electron chi connectivity index (χ1n) is 10.1. The van der Waals surface area contributed by atoms with E-state index in [0.29, 0.717) is 18.2 Å². The Hall–Kier alpha value is -1.35. The number of hydrogen-bond acceptors (Lipinski definition) is 4. The fourth-order valence-corrected chi connectivity index (χ4v) is 4.33. The highest BCUT2D eigenvalue weighted by Crippen LogP contribution is 2.33. The summed E-state index contributed by atoms with van der Waals surface area (Å²) in [5, 5.41) is 11.4. The van der Waals surface area contributed by atoms with Gasteiger partial charge in [-0.25, -0.2) is 4.79 Å². The second-order valence-corrected chi connectivity index (χ2v) is 8.80. The molecule has 0 radical (unpaired) electrons. The van der Waals surface area contributed by atoms with Crippen LogP contribution >= 0.6 is 11.6 Å². The average Bonchev–Trinajstić information content (AvgIpc) is 2.65. The summed E-state index contributed by atoms with van der Waals surface area (Å²) in [6, 6.07) is 9.35. The van der Waals surface area contributed by atoms with E-state index in [1.165, 1.54) is 18.4 Å². The number of nitrogens with zero attached hydrogens (tertiary/aromatic N) is 1. The van der Waals surface area contributed by atoms with Crippen LogP contribution in [0.3, 0.4) is 0 Å². The van der Waals surface area contributed by atoms with Crippen molar-refractivity contribution in [2.75, 3.05) is 19.6 Å². The number of alkyl halides is 3. The van der Waals surface area contributed by atoms with Crippen LogP contribution in [0.1, 0.15) is 39.2 Å². The van der Waals surface area contributed by atoms with E-state index in [1.807, 2.05) is 12.1 Å². The molecular formula is C21H30ClF3N2O3. The monoisotopic (exact) mass is 450 g/mol. The molecule has 0 saturated carbocycles. The molecule has 2 saturated heterocycles. The number of piperidine rings is 1. The van der Waals surface area contributed by atoms with Gasteiger partial charge in [0.05, 0.1) is 11.7 Å². The number of benzene rings is 1. The molecule has 0 aromatic heterocycles. The quantitative estimate of drug-likeness (QED) is 0.724. The van der Waals surface area contributed by atoms with Gasteiger partial charge in [0.2, 0.25) is 0 Å². The Morgan fingerprint density at radius 2 is 1.80 bits per heavy atom. The van der Waals surface area contributed by atoms with Crippen molar-refractivity contribution in [1.82, 2.24) is 10.2 Å². The molecular weight excluding hydrogens is 421 g/mol. The third-order valence-electron chi connectivity index (χ3n) is 5.54. The lowest BCUT2D eigenvalue weighted by molar-refractivity contribution is -0.192. The molecule has 2 aliphatic heterocycles. The topological polar surface area (TPSA) is 61.8 Å². The van der Waals surface area contributed by atoms with Crippen molar-refractivity contribution in [3.63, 3.8) is 0 Å². The lowest BCUT2D eigenvalue weighted by Crippen LogP contribution is -2.64. The van der Waals surface area contributed by atoms with Crippen LogP contribution in [0.25, 0.3) is 0 Å².